The van der Waals surface area contributed by atoms with Gasteiger partial charge in [-0.2, -0.15) is 5.10 Å². The molecule has 1 aromatic heterocycles. The number of nitrogens with one attached hydrogen (secondary N) is 2. The third-order valence-corrected chi connectivity index (χ3v) is 5.13. The van der Waals surface area contributed by atoms with Crippen LogP contribution in [0, 0.1) is 0 Å². The van der Waals surface area contributed by atoms with Gasteiger partial charge in [0.1, 0.15) is 0 Å². The highest BCUT2D eigenvalue weighted by Crippen LogP contribution is 2.25. The number of hydrogen-bond donors (Lipinski definition) is 3. The number of nitrogens with zero attached hydrogens (tertiary/aromatic N) is 1. The van der Waals surface area contributed by atoms with Crippen molar-refractivity contribution < 1.29 is 8.42 Å². The van der Waals surface area contributed by atoms with Gasteiger partial charge in [0.15, 0.2) is 0 Å². The Morgan fingerprint density at radius 2 is 2.21 bits per heavy atom. The Labute approximate surface area is 119 Å². The lowest BCUT2D eigenvalue weighted by molar-refractivity contribution is 0.566. The van der Waals surface area contributed by atoms with Gasteiger partial charge in [-0.3, -0.25) is 5.10 Å². The van der Waals surface area contributed by atoms with Crippen LogP contribution in [0.25, 0.3) is 0 Å². The van der Waals surface area contributed by atoms with Gasteiger partial charge in [-0.25, -0.2) is 13.1 Å². The number of nitrogen functional groups attached to an aromatic ring is 1. The van der Waals surface area contributed by atoms with Gasteiger partial charge in [-0.05, 0) is 41.1 Å². The zero-order valence-corrected chi connectivity index (χ0v) is 12.5. The summed E-state index contributed by atoms with van der Waals surface area (Å²) in [5.41, 5.74) is 6.76. The highest BCUT2D eigenvalue weighted by molar-refractivity contribution is 9.10. The van der Waals surface area contributed by atoms with Gasteiger partial charge in [0.05, 0.1) is 11.1 Å². The molecule has 4 N–H and O–H groups in total. The molecule has 2 rings (SSSR count). The minimum absolute atomic E-state index is 0.114. The van der Waals surface area contributed by atoms with E-state index in [0.29, 0.717) is 10.2 Å². The van der Waals surface area contributed by atoms with E-state index in [0.717, 1.165) is 5.56 Å². The Morgan fingerprint density at radius 3 is 2.84 bits per heavy atom. The van der Waals surface area contributed by atoms with Crippen LogP contribution in [-0.2, 0) is 10.0 Å². The molecule has 0 spiro atoms. The van der Waals surface area contributed by atoms with E-state index >= 15 is 0 Å². The average molecular weight is 345 g/mol. The normalized spacial score (nSPS) is 13.4. The summed E-state index contributed by atoms with van der Waals surface area (Å²) in [5, 5.41) is 6.43. The van der Waals surface area contributed by atoms with Crippen molar-refractivity contribution in [2.45, 2.75) is 17.9 Å². The Morgan fingerprint density at radius 1 is 1.47 bits per heavy atom. The number of hydrogen-bond acceptors (Lipinski definition) is 4. The van der Waals surface area contributed by atoms with Crippen molar-refractivity contribution in [3.8, 4) is 0 Å². The van der Waals surface area contributed by atoms with Crippen molar-refractivity contribution in [1.82, 2.24) is 14.9 Å². The van der Waals surface area contributed by atoms with Crippen LogP contribution < -0.4 is 10.5 Å². The fourth-order valence-electron chi connectivity index (χ4n) is 1.59. The standard InChI is InChI=1S/C11H13BrN4O2S/c1-7(8-5-14-15-6-8)16-19(17,18)11-4-9(13)2-3-10(11)12/h2-7,16H,13H2,1H3,(H,14,15). The predicted octanol–water partition coefficient (Wildman–Crippen LogP) is 1.79. The molecule has 0 radical (unpaired) electrons. The molecule has 0 saturated carbocycles. The molecule has 0 aliphatic carbocycles. The molecule has 0 aliphatic heterocycles. The molecule has 0 amide bonds. The summed E-state index contributed by atoms with van der Waals surface area (Å²) in [6, 6.07) is 4.25. The van der Waals surface area contributed by atoms with Gasteiger partial charge in [0.25, 0.3) is 0 Å². The van der Waals surface area contributed by atoms with E-state index in [4.69, 9.17) is 5.73 Å². The van der Waals surface area contributed by atoms with Gasteiger partial charge in [0, 0.05) is 28.0 Å². The largest absolute Gasteiger partial charge is 0.399 e. The van der Waals surface area contributed by atoms with Crippen LogP contribution in [0.15, 0.2) is 40.0 Å². The number of sulfonamides is 1. The quantitative estimate of drug-likeness (QED) is 0.736. The lowest BCUT2D eigenvalue weighted by atomic mass is 10.2. The lowest BCUT2D eigenvalue weighted by Crippen LogP contribution is -2.27. The number of H-pyrrole nitrogens is 1. The zero-order chi connectivity index (χ0) is 14.0. The van der Waals surface area contributed by atoms with E-state index < -0.39 is 16.1 Å². The third-order valence-electron chi connectivity index (χ3n) is 2.60. The fourth-order valence-corrected chi connectivity index (χ4v) is 3.82. The van der Waals surface area contributed by atoms with Crippen LogP contribution in [-0.4, -0.2) is 18.6 Å². The lowest BCUT2D eigenvalue weighted by Gasteiger charge is -2.14. The summed E-state index contributed by atoms with van der Waals surface area (Å²) in [4.78, 5) is 0.114. The smallest absolute Gasteiger partial charge is 0.242 e. The summed E-state index contributed by atoms with van der Waals surface area (Å²) < 4.78 is 27.6. The topological polar surface area (TPSA) is 101 Å². The molecule has 1 atom stereocenters. The van der Waals surface area contributed by atoms with E-state index in [-0.39, 0.29) is 4.90 Å². The fraction of sp³-hybridized carbons (Fsp3) is 0.182. The number of anilines is 1. The highest BCUT2D eigenvalue weighted by Gasteiger charge is 2.21. The second-order valence-electron chi connectivity index (χ2n) is 4.06. The molecule has 8 heteroatoms. The van der Waals surface area contributed by atoms with E-state index in [1.54, 1.807) is 31.5 Å². The van der Waals surface area contributed by atoms with Crippen molar-refractivity contribution in [2.75, 3.05) is 5.73 Å². The Kier molecular flexibility index (Phi) is 3.93. The highest BCUT2D eigenvalue weighted by atomic mass is 79.9. The molecule has 0 aliphatic rings. The molecule has 2 aromatic rings. The summed E-state index contributed by atoms with van der Waals surface area (Å²) in [6.07, 6.45) is 3.21. The number of halogens is 1. The second-order valence-corrected chi connectivity index (χ2v) is 6.60. The Hall–Kier alpha value is -1.38. The molecule has 0 saturated heterocycles. The van der Waals surface area contributed by atoms with Crippen molar-refractivity contribution in [2.24, 2.45) is 0 Å². The zero-order valence-electron chi connectivity index (χ0n) is 10.1. The maximum Gasteiger partial charge on any atom is 0.242 e. The van der Waals surface area contributed by atoms with Crippen LogP contribution in [0.3, 0.4) is 0 Å². The van der Waals surface area contributed by atoms with Gasteiger partial charge < -0.3 is 5.73 Å². The molecule has 0 bridgehead atoms. The van der Waals surface area contributed by atoms with Crippen molar-refractivity contribution >= 4 is 31.6 Å². The monoisotopic (exact) mass is 344 g/mol. The molecule has 6 nitrogen and oxygen atoms in total. The first-order valence-corrected chi connectivity index (χ1v) is 7.74. The van der Waals surface area contributed by atoms with Crippen LogP contribution in [0.4, 0.5) is 5.69 Å². The molecule has 102 valence electrons. The SMILES string of the molecule is CC(NS(=O)(=O)c1cc(N)ccc1Br)c1cn[nH]c1. The predicted molar refractivity (Wildman–Crippen MR) is 75.9 cm³/mol. The molecule has 0 fully saturated rings. The van der Waals surface area contributed by atoms with E-state index in [2.05, 4.69) is 30.8 Å². The van der Waals surface area contributed by atoms with Crippen LogP contribution >= 0.6 is 15.9 Å². The average Bonchev–Trinajstić information content (AvgIpc) is 2.85. The van der Waals surface area contributed by atoms with Gasteiger partial charge in [-0.1, -0.05) is 0 Å². The van der Waals surface area contributed by atoms with Crippen LogP contribution in [0.2, 0.25) is 0 Å². The van der Waals surface area contributed by atoms with Gasteiger partial charge in [0.2, 0.25) is 10.0 Å². The first kappa shape index (κ1) is 14.0. The summed E-state index contributed by atoms with van der Waals surface area (Å²) in [6.45, 7) is 1.74. The van der Waals surface area contributed by atoms with Gasteiger partial charge >= 0.3 is 0 Å². The summed E-state index contributed by atoms with van der Waals surface area (Å²) >= 11 is 3.21. The number of rotatable bonds is 4. The maximum atomic E-state index is 12.3. The summed E-state index contributed by atoms with van der Waals surface area (Å²) in [5.74, 6) is 0. The molecule has 1 heterocycles. The van der Waals surface area contributed by atoms with Crippen molar-refractivity contribution in [1.29, 1.82) is 0 Å². The minimum atomic E-state index is -3.66. The van der Waals surface area contributed by atoms with Crippen molar-refractivity contribution in [3.63, 3.8) is 0 Å². The number of aromatic amines is 1. The van der Waals surface area contributed by atoms with Crippen LogP contribution in [0.5, 0.6) is 0 Å². The van der Waals surface area contributed by atoms with Crippen LogP contribution in [0.1, 0.15) is 18.5 Å². The summed E-state index contributed by atoms with van der Waals surface area (Å²) in [7, 11) is -3.66. The van der Waals surface area contributed by atoms with E-state index in [9.17, 15) is 8.42 Å². The molecular formula is C11H13BrN4O2S. The van der Waals surface area contributed by atoms with Gasteiger partial charge in [-0.15, -0.1) is 0 Å². The Bertz CT molecular complexity index is 670. The molecule has 19 heavy (non-hydrogen) atoms. The van der Waals surface area contributed by atoms with E-state index in [1.165, 1.54) is 6.07 Å². The second kappa shape index (κ2) is 5.32. The first-order chi connectivity index (χ1) is 8.90. The molecular weight excluding hydrogens is 332 g/mol. The first-order valence-electron chi connectivity index (χ1n) is 5.46. The maximum absolute atomic E-state index is 12.3. The van der Waals surface area contributed by atoms with E-state index in [1.807, 2.05) is 0 Å². The number of benzene rings is 1. The third kappa shape index (κ3) is 3.14. The minimum Gasteiger partial charge on any atom is -0.399 e. The molecule has 1 aromatic carbocycles. The number of nitrogens with two attached hydrogens (primary N) is 1. The number of aromatic nitrogens is 2. The van der Waals surface area contributed by atoms with Crippen molar-refractivity contribution in [3.05, 3.63) is 40.6 Å². The Balaban J connectivity index is 2.30. The molecule has 1 unspecified atom stereocenters.